The van der Waals surface area contributed by atoms with Crippen molar-refractivity contribution in [2.45, 2.75) is 104 Å². The van der Waals surface area contributed by atoms with E-state index in [9.17, 15) is 25.2 Å². The largest absolute Gasteiger partial charge is 0.507 e. The van der Waals surface area contributed by atoms with Crippen molar-refractivity contribution < 1.29 is 39.8 Å². The molecule has 212 valence electrons. The molecule has 1 saturated heterocycles. The first kappa shape index (κ1) is 31.6. The van der Waals surface area contributed by atoms with Crippen molar-refractivity contribution in [1.29, 1.82) is 0 Å². The van der Waals surface area contributed by atoms with Gasteiger partial charge < -0.3 is 35.0 Å². The van der Waals surface area contributed by atoms with E-state index in [0.717, 1.165) is 31.3 Å². The lowest BCUT2D eigenvalue weighted by molar-refractivity contribution is -0.242. The fraction of sp³-hybridized carbons (Fsp3) is 0.567. The first-order valence-electron chi connectivity index (χ1n) is 13.2. The van der Waals surface area contributed by atoms with Gasteiger partial charge in [-0.1, -0.05) is 34.9 Å². The molecule has 1 aliphatic rings. The van der Waals surface area contributed by atoms with Crippen LogP contribution in [0.2, 0.25) is 0 Å². The number of phenols is 1. The lowest BCUT2D eigenvalue weighted by atomic mass is 9.99. The lowest BCUT2D eigenvalue weighted by Gasteiger charge is -2.35. The van der Waals surface area contributed by atoms with Gasteiger partial charge in [-0.3, -0.25) is 4.79 Å². The van der Waals surface area contributed by atoms with Gasteiger partial charge in [-0.05, 0) is 90.3 Å². The van der Waals surface area contributed by atoms with Gasteiger partial charge in [-0.2, -0.15) is 0 Å². The van der Waals surface area contributed by atoms with Crippen LogP contribution in [0.3, 0.4) is 0 Å². The number of rotatable bonds is 13. The second-order valence-electron chi connectivity index (χ2n) is 10.3. The van der Waals surface area contributed by atoms with Gasteiger partial charge in [0.1, 0.15) is 29.8 Å². The zero-order valence-electron chi connectivity index (χ0n) is 23.2. The van der Waals surface area contributed by atoms with Crippen LogP contribution in [-0.2, 0) is 16.0 Å². The smallest absolute Gasteiger partial charge is 0.303 e. The number of carbonyl (C=O) groups is 1. The van der Waals surface area contributed by atoms with Crippen LogP contribution in [0.1, 0.15) is 76.0 Å². The molecule has 0 radical (unpaired) electrons. The van der Waals surface area contributed by atoms with Gasteiger partial charge in [0.25, 0.3) is 0 Å². The summed E-state index contributed by atoms with van der Waals surface area (Å²) in [6.07, 6.45) is 6.30. The monoisotopic (exact) mass is 532 g/mol. The molecule has 1 heterocycles. The molecule has 1 aliphatic heterocycles. The highest BCUT2D eigenvalue weighted by Gasteiger charge is 2.39. The third-order valence-electron chi connectivity index (χ3n) is 7.06. The molecule has 8 heteroatoms. The highest BCUT2D eigenvalue weighted by atomic mass is 16.7. The number of hydrogen-bond acceptors (Lipinski definition) is 7. The molecule has 0 unspecified atom stereocenters. The SMILES string of the molecule is C/C(=C/Cc1cc(O[C@@H]2OC[C@@H](O)[C@H](O)[C@H]2O)c(C)c(C)c1O)CC/C=C(\C)CC/C=C(\C)CCC(=O)O. The summed E-state index contributed by atoms with van der Waals surface area (Å²) in [4.78, 5) is 10.7. The molecule has 1 aromatic rings. The molecular weight excluding hydrogens is 488 g/mol. The summed E-state index contributed by atoms with van der Waals surface area (Å²) < 4.78 is 11.2. The van der Waals surface area contributed by atoms with Crippen molar-refractivity contribution in [3.8, 4) is 11.5 Å². The Morgan fingerprint density at radius 2 is 1.50 bits per heavy atom. The summed E-state index contributed by atoms with van der Waals surface area (Å²) >= 11 is 0. The van der Waals surface area contributed by atoms with E-state index >= 15 is 0 Å². The number of aliphatic hydroxyl groups excluding tert-OH is 3. The van der Waals surface area contributed by atoms with E-state index in [0.29, 0.717) is 35.3 Å². The standard InChI is InChI=1S/C30H44O8/c1-18(9-7-11-20(3)13-15-26(32)33)8-6-10-19(2)12-14-23-16-25(21(4)22(5)27(23)34)38-30-29(36)28(35)24(31)17-37-30/h8,11-12,16,24,28-31,34-36H,6-7,9-10,13-15,17H2,1-5H3,(H,32,33)/b18-8+,19-12-,20-11+/t24-,28+,29-,30+/m1/s1. The number of aliphatic hydroxyl groups is 3. The third kappa shape index (κ3) is 9.58. The Morgan fingerprint density at radius 1 is 0.921 bits per heavy atom. The molecule has 38 heavy (non-hydrogen) atoms. The molecule has 1 aromatic carbocycles. The molecule has 0 aliphatic carbocycles. The van der Waals surface area contributed by atoms with Crippen LogP contribution in [0.5, 0.6) is 11.5 Å². The summed E-state index contributed by atoms with van der Waals surface area (Å²) in [7, 11) is 0. The molecule has 1 fully saturated rings. The molecule has 0 aromatic heterocycles. The van der Waals surface area contributed by atoms with Crippen molar-refractivity contribution in [1.82, 2.24) is 0 Å². The number of aliphatic carboxylic acids is 1. The highest BCUT2D eigenvalue weighted by molar-refractivity contribution is 5.67. The number of allylic oxidation sites excluding steroid dienone is 6. The predicted molar refractivity (Wildman–Crippen MR) is 146 cm³/mol. The highest BCUT2D eigenvalue weighted by Crippen LogP contribution is 2.35. The number of ether oxygens (including phenoxy) is 2. The van der Waals surface area contributed by atoms with Crippen LogP contribution >= 0.6 is 0 Å². The second-order valence-corrected chi connectivity index (χ2v) is 10.3. The Kier molecular flexibility index (Phi) is 12.5. The minimum atomic E-state index is -1.40. The summed E-state index contributed by atoms with van der Waals surface area (Å²) in [6, 6.07) is 1.73. The maximum absolute atomic E-state index is 10.7. The van der Waals surface area contributed by atoms with Crippen LogP contribution in [0.15, 0.2) is 41.0 Å². The first-order chi connectivity index (χ1) is 17.9. The Bertz CT molecular complexity index is 1040. The van der Waals surface area contributed by atoms with Gasteiger partial charge in [0, 0.05) is 12.0 Å². The molecule has 0 amide bonds. The Morgan fingerprint density at radius 3 is 2.11 bits per heavy atom. The van der Waals surface area contributed by atoms with Gasteiger partial charge in [-0.25, -0.2) is 0 Å². The van der Waals surface area contributed by atoms with E-state index in [4.69, 9.17) is 14.6 Å². The van der Waals surface area contributed by atoms with Crippen LogP contribution in [0, 0.1) is 13.8 Å². The number of phenolic OH excluding ortho intramolecular Hbond substituents is 1. The molecule has 4 atom stereocenters. The molecule has 8 nitrogen and oxygen atoms in total. The van der Waals surface area contributed by atoms with Crippen LogP contribution in [0.4, 0.5) is 0 Å². The number of hydrogen-bond donors (Lipinski definition) is 5. The van der Waals surface area contributed by atoms with E-state index < -0.39 is 30.6 Å². The predicted octanol–water partition coefficient (Wildman–Crippen LogP) is 4.63. The molecule has 0 saturated carbocycles. The maximum Gasteiger partial charge on any atom is 0.303 e. The topological polar surface area (TPSA) is 137 Å². The van der Waals surface area contributed by atoms with E-state index in [2.05, 4.69) is 32.1 Å². The molecular formula is C30H44O8. The Labute approximate surface area is 225 Å². The third-order valence-corrected chi connectivity index (χ3v) is 7.06. The van der Waals surface area contributed by atoms with Crippen molar-refractivity contribution in [3.63, 3.8) is 0 Å². The van der Waals surface area contributed by atoms with Crippen molar-refractivity contribution in [3.05, 3.63) is 57.7 Å². The Balaban J connectivity index is 1.94. The number of carboxylic acid groups (broad SMARTS) is 1. The fourth-order valence-corrected chi connectivity index (χ4v) is 4.21. The van der Waals surface area contributed by atoms with Crippen molar-refractivity contribution in [2.75, 3.05) is 6.61 Å². The Hall–Kier alpha value is -2.65. The number of benzene rings is 1. The van der Waals surface area contributed by atoms with Crippen molar-refractivity contribution >= 4 is 5.97 Å². The number of carboxylic acids is 1. The van der Waals surface area contributed by atoms with E-state index in [1.54, 1.807) is 19.9 Å². The van der Waals surface area contributed by atoms with Gasteiger partial charge in [0.2, 0.25) is 6.29 Å². The number of aromatic hydroxyl groups is 1. The molecule has 2 rings (SSSR count). The van der Waals surface area contributed by atoms with Crippen LogP contribution in [-0.4, -0.2) is 62.7 Å². The minimum Gasteiger partial charge on any atom is -0.507 e. The average Bonchev–Trinajstić information content (AvgIpc) is 2.87. The zero-order chi connectivity index (χ0) is 28.4. The normalized spacial score (nSPS) is 23.0. The van der Waals surface area contributed by atoms with E-state index in [1.807, 2.05) is 6.92 Å². The van der Waals surface area contributed by atoms with Crippen LogP contribution < -0.4 is 4.74 Å². The van der Waals surface area contributed by atoms with E-state index in [1.165, 1.54) is 11.1 Å². The summed E-state index contributed by atoms with van der Waals surface area (Å²) in [5.74, 6) is -0.128. The van der Waals surface area contributed by atoms with Gasteiger partial charge >= 0.3 is 5.97 Å². The van der Waals surface area contributed by atoms with Crippen molar-refractivity contribution in [2.24, 2.45) is 0 Å². The first-order valence-corrected chi connectivity index (χ1v) is 13.2. The summed E-state index contributed by atoms with van der Waals surface area (Å²) in [5.41, 5.74) is 5.67. The maximum atomic E-state index is 10.7. The minimum absolute atomic E-state index is 0.148. The lowest BCUT2D eigenvalue weighted by Crippen LogP contribution is -2.54. The van der Waals surface area contributed by atoms with E-state index in [-0.39, 0.29) is 18.8 Å². The van der Waals surface area contributed by atoms with Crippen LogP contribution in [0.25, 0.3) is 0 Å². The van der Waals surface area contributed by atoms with Gasteiger partial charge in [0.15, 0.2) is 0 Å². The fourth-order valence-electron chi connectivity index (χ4n) is 4.21. The molecule has 5 N–H and O–H groups in total. The second kappa shape index (κ2) is 15.1. The van der Waals surface area contributed by atoms with Gasteiger partial charge in [0.05, 0.1) is 6.61 Å². The molecule has 0 bridgehead atoms. The quantitative estimate of drug-likeness (QED) is 0.232. The van der Waals surface area contributed by atoms with Gasteiger partial charge in [-0.15, -0.1) is 0 Å². The summed E-state index contributed by atoms with van der Waals surface area (Å²) in [6.45, 7) is 9.60. The zero-order valence-corrected chi connectivity index (χ0v) is 23.2. The summed E-state index contributed by atoms with van der Waals surface area (Å²) in [5, 5.41) is 49.3. The average molecular weight is 533 g/mol. The molecule has 0 spiro atoms.